The summed E-state index contributed by atoms with van der Waals surface area (Å²) in [4.78, 5) is 3.12. The van der Waals surface area contributed by atoms with Crippen molar-refractivity contribution in [2.24, 2.45) is 7.05 Å². The molecular formula is C9H7BrN6S. The summed E-state index contributed by atoms with van der Waals surface area (Å²) in [5, 5.41) is 11.4. The van der Waals surface area contributed by atoms with Gasteiger partial charge >= 0.3 is 0 Å². The fourth-order valence-electron chi connectivity index (χ4n) is 1.69. The Kier molecular flexibility index (Phi) is 2.33. The standard InChI is InChI=1S/C9H7BrN6S/c1-15-8(12-13-14-15)16-7-4-5(10)2-3-6(7)11-9(16)17/h2-4H,1H3,(H,11,17). The molecule has 0 saturated heterocycles. The summed E-state index contributed by atoms with van der Waals surface area (Å²) in [6.07, 6.45) is 0. The van der Waals surface area contributed by atoms with E-state index >= 15 is 0 Å². The second-order valence-electron chi connectivity index (χ2n) is 3.53. The van der Waals surface area contributed by atoms with E-state index in [4.69, 9.17) is 12.2 Å². The normalized spacial score (nSPS) is 11.2. The summed E-state index contributed by atoms with van der Waals surface area (Å²) in [6.45, 7) is 0. The minimum atomic E-state index is 0.566. The number of aromatic nitrogens is 6. The van der Waals surface area contributed by atoms with E-state index in [0.29, 0.717) is 10.7 Å². The molecule has 0 unspecified atom stereocenters. The van der Waals surface area contributed by atoms with E-state index in [2.05, 4.69) is 36.4 Å². The largest absolute Gasteiger partial charge is 0.330 e. The SMILES string of the molecule is Cn1nnnc1-n1c(=S)[nH]c2ccc(Br)cc21. The second-order valence-corrected chi connectivity index (χ2v) is 4.83. The minimum absolute atomic E-state index is 0.566. The molecule has 3 rings (SSSR count). The average Bonchev–Trinajstić information content (AvgIpc) is 2.81. The number of imidazole rings is 1. The number of hydrogen-bond donors (Lipinski definition) is 1. The zero-order valence-corrected chi connectivity index (χ0v) is 11.2. The number of aromatic amines is 1. The Balaban J connectivity index is 2.43. The lowest BCUT2D eigenvalue weighted by Crippen LogP contribution is -2.04. The van der Waals surface area contributed by atoms with Crippen molar-refractivity contribution in [3.63, 3.8) is 0 Å². The molecule has 0 aliphatic heterocycles. The van der Waals surface area contributed by atoms with Crippen molar-refractivity contribution in [3.05, 3.63) is 27.4 Å². The maximum Gasteiger partial charge on any atom is 0.256 e. The van der Waals surface area contributed by atoms with Crippen LogP contribution in [0, 0.1) is 4.77 Å². The van der Waals surface area contributed by atoms with Gasteiger partial charge in [0.25, 0.3) is 5.95 Å². The molecule has 1 N–H and O–H groups in total. The summed E-state index contributed by atoms with van der Waals surface area (Å²) in [7, 11) is 1.77. The molecule has 0 aliphatic rings. The Morgan fingerprint density at radius 1 is 1.41 bits per heavy atom. The molecule has 3 aromatic rings. The van der Waals surface area contributed by atoms with Gasteiger partial charge in [-0.3, -0.25) is 4.57 Å². The fourth-order valence-corrected chi connectivity index (χ4v) is 2.33. The molecule has 86 valence electrons. The van der Waals surface area contributed by atoms with Crippen LogP contribution in [0.3, 0.4) is 0 Å². The van der Waals surface area contributed by atoms with Crippen LogP contribution in [0.25, 0.3) is 17.0 Å². The average molecular weight is 311 g/mol. The highest BCUT2D eigenvalue weighted by Crippen LogP contribution is 2.21. The van der Waals surface area contributed by atoms with Crippen LogP contribution in [0.1, 0.15) is 0 Å². The topological polar surface area (TPSA) is 64.3 Å². The van der Waals surface area contributed by atoms with Crippen molar-refractivity contribution in [1.82, 2.24) is 29.8 Å². The second kappa shape index (κ2) is 3.74. The number of hydrogen-bond acceptors (Lipinski definition) is 4. The molecule has 6 nitrogen and oxygen atoms in total. The van der Waals surface area contributed by atoms with Crippen molar-refractivity contribution >= 4 is 39.2 Å². The molecule has 1 aromatic carbocycles. The third-order valence-corrected chi connectivity index (χ3v) is 3.22. The molecule has 0 amide bonds. The third-order valence-electron chi connectivity index (χ3n) is 2.44. The Morgan fingerprint density at radius 3 is 2.94 bits per heavy atom. The van der Waals surface area contributed by atoms with Gasteiger partial charge in [0.15, 0.2) is 4.77 Å². The zero-order chi connectivity index (χ0) is 12.0. The van der Waals surface area contributed by atoms with E-state index in [1.807, 2.05) is 18.2 Å². The maximum absolute atomic E-state index is 5.29. The highest BCUT2D eigenvalue weighted by atomic mass is 79.9. The van der Waals surface area contributed by atoms with Crippen LogP contribution in [0.5, 0.6) is 0 Å². The number of tetrazole rings is 1. The smallest absolute Gasteiger partial charge is 0.256 e. The van der Waals surface area contributed by atoms with E-state index in [1.54, 1.807) is 16.3 Å². The first-order chi connectivity index (χ1) is 8.16. The lowest BCUT2D eigenvalue weighted by atomic mass is 10.3. The maximum atomic E-state index is 5.29. The Labute approximate surface area is 109 Å². The summed E-state index contributed by atoms with van der Waals surface area (Å²) in [5.41, 5.74) is 1.88. The molecule has 2 heterocycles. The first kappa shape index (κ1) is 10.6. The number of aryl methyl sites for hydroxylation is 1. The van der Waals surface area contributed by atoms with Gasteiger partial charge in [0.05, 0.1) is 11.0 Å². The summed E-state index contributed by atoms with van der Waals surface area (Å²) in [6, 6.07) is 5.87. The van der Waals surface area contributed by atoms with Gasteiger partial charge in [-0.1, -0.05) is 21.0 Å². The molecule has 17 heavy (non-hydrogen) atoms. The third kappa shape index (κ3) is 1.60. The Morgan fingerprint density at radius 2 is 2.24 bits per heavy atom. The Hall–Kier alpha value is -1.54. The number of nitrogens with zero attached hydrogens (tertiary/aromatic N) is 5. The molecule has 2 aromatic heterocycles. The number of benzene rings is 1. The number of fused-ring (bicyclic) bond motifs is 1. The molecule has 0 atom stereocenters. The summed E-state index contributed by atoms with van der Waals surface area (Å²) >= 11 is 8.72. The van der Waals surface area contributed by atoms with Gasteiger partial charge < -0.3 is 4.98 Å². The predicted molar refractivity (Wildman–Crippen MR) is 68.5 cm³/mol. The van der Waals surface area contributed by atoms with Crippen LogP contribution in [-0.2, 0) is 7.05 Å². The lowest BCUT2D eigenvalue weighted by molar-refractivity contribution is 0.693. The van der Waals surface area contributed by atoms with E-state index in [0.717, 1.165) is 15.5 Å². The van der Waals surface area contributed by atoms with Gasteiger partial charge in [-0.15, -0.1) is 0 Å². The van der Waals surface area contributed by atoms with Gasteiger partial charge in [0.1, 0.15) is 0 Å². The molecular weight excluding hydrogens is 304 g/mol. The van der Waals surface area contributed by atoms with Crippen molar-refractivity contribution in [2.45, 2.75) is 0 Å². The van der Waals surface area contributed by atoms with E-state index in [1.165, 1.54) is 0 Å². The highest BCUT2D eigenvalue weighted by molar-refractivity contribution is 9.10. The van der Waals surface area contributed by atoms with E-state index in [-0.39, 0.29) is 0 Å². The quantitative estimate of drug-likeness (QED) is 0.698. The highest BCUT2D eigenvalue weighted by Gasteiger charge is 2.11. The van der Waals surface area contributed by atoms with Crippen LogP contribution < -0.4 is 0 Å². The van der Waals surface area contributed by atoms with Gasteiger partial charge in [-0.25, -0.2) is 4.68 Å². The van der Waals surface area contributed by atoms with Gasteiger partial charge in [-0.05, 0) is 40.8 Å². The number of H-pyrrole nitrogens is 1. The van der Waals surface area contributed by atoms with Crippen LogP contribution in [0.15, 0.2) is 22.7 Å². The molecule has 0 fully saturated rings. The predicted octanol–water partition coefficient (Wildman–Crippen LogP) is 1.97. The van der Waals surface area contributed by atoms with Crippen molar-refractivity contribution < 1.29 is 0 Å². The lowest BCUT2D eigenvalue weighted by Gasteiger charge is -2.01. The van der Waals surface area contributed by atoms with Gasteiger partial charge in [-0.2, -0.15) is 0 Å². The van der Waals surface area contributed by atoms with E-state index < -0.39 is 0 Å². The summed E-state index contributed by atoms with van der Waals surface area (Å²) in [5.74, 6) is 0.583. The Bertz CT molecular complexity index is 754. The number of nitrogens with one attached hydrogen (secondary N) is 1. The number of halogens is 1. The molecule has 0 radical (unpaired) electrons. The van der Waals surface area contributed by atoms with Crippen LogP contribution in [0.4, 0.5) is 0 Å². The minimum Gasteiger partial charge on any atom is -0.330 e. The zero-order valence-electron chi connectivity index (χ0n) is 8.75. The first-order valence-electron chi connectivity index (χ1n) is 4.80. The van der Waals surface area contributed by atoms with Crippen LogP contribution in [-0.4, -0.2) is 29.8 Å². The molecule has 0 saturated carbocycles. The summed E-state index contributed by atoms with van der Waals surface area (Å²) < 4.78 is 4.92. The van der Waals surface area contributed by atoms with Crippen molar-refractivity contribution in [1.29, 1.82) is 0 Å². The molecule has 0 spiro atoms. The monoisotopic (exact) mass is 310 g/mol. The first-order valence-corrected chi connectivity index (χ1v) is 6.00. The van der Waals surface area contributed by atoms with Gasteiger partial charge in [0.2, 0.25) is 0 Å². The fraction of sp³-hybridized carbons (Fsp3) is 0.111. The number of rotatable bonds is 1. The van der Waals surface area contributed by atoms with Crippen LogP contribution >= 0.6 is 28.1 Å². The molecule has 8 heteroatoms. The van der Waals surface area contributed by atoms with Crippen LogP contribution in [0.2, 0.25) is 0 Å². The molecule has 0 aliphatic carbocycles. The van der Waals surface area contributed by atoms with Gasteiger partial charge in [0, 0.05) is 11.5 Å². The van der Waals surface area contributed by atoms with Crippen molar-refractivity contribution in [3.8, 4) is 5.95 Å². The molecule has 0 bridgehead atoms. The van der Waals surface area contributed by atoms with E-state index in [9.17, 15) is 0 Å². The van der Waals surface area contributed by atoms with Crippen molar-refractivity contribution in [2.75, 3.05) is 0 Å².